The largest absolute Gasteiger partial charge is 0.501 e. The number of unbranched alkanes of at least 4 members (excludes halogenated alkanes) is 2. The Morgan fingerprint density at radius 3 is 1.82 bits per heavy atom. The fraction of sp³-hybridized carbons (Fsp3) is 0.680. The number of carbonyl (C=O) groups excluding carboxylic acids is 2. The zero-order valence-corrected chi connectivity index (χ0v) is 22.5. The zero-order valence-electron chi connectivity index (χ0n) is 21.5. The predicted octanol–water partition coefficient (Wildman–Crippen LogP) is 5.42. The van der Waals surface area contributed by atoms with E-state index in [1.54, 1.807) is 18.2 Å². The van der Waals surface area contributed by atoms with Crippen LogP contribution in [0.4, 0.5) is 0 Å². The summed E-state index contributed by atoms with van der Waals surface area (Å²) in [6.45, 7) is 12.1. The van der Waals surface area contributed by atoms with Crippen LogP contribution in [0.3, 0.4) is 0 Å². The van der Waals surface area contributed by atoms with Gasteiger partial charge in [-0.3, -0.25) is 0 Å². The van der Waals surface area contributed by atoms with Crippen molar-refractivity contribution in [2.75, 3.05) is 39.6 Å². The molecule has 9 heteroatoms. The minimum Gasteiger partial charge on any atom is -0.493 e. The smallest absolute Gasteiger partial charge is 0.493 e. The molecular weight excluding hydrogens is 456 g/mol. The van der Waals surface area contributed by atoms with Crippen molar-refractivity contribution in [3.8, 4) is 5.75 Å². The van der Waals surface area contributed by atoms with E-state index in [2.05, 4.69) is 0 Å². The molecule has 0 fully saturated rings. The molecule has 34 heavy (non-hydrogen) atoms. The maximum Gasteiger partial charge on any atom is 0.501 e. The van der Waals surface area contributed by atoms with Crippen LogP contribution in [0, 0.1) is 0 Å². The maximum atomic E-state index is 12.9. The molecule has 1 aromatic rings. The Labute approximate surface area is 205 Å². The van der Waals surface area contributed by atoms with Gasteiger partial charge in [0.2, 0.25) is 0 Å². The van der Waals surface area contributed by atoms with Crippen molar-refractivity contribution in [2.45, 2.75) is 72.8 Å². The summed E-state index contributed by atoms with van der Waals surface area (Å²) < 4.78 is 34.3. The SMILES string of the molecule is CCCCOC(=O)c1cccc(OCCC[Si](OCC)(OCC)OCC)c1C(=O)OCCCC. The lowest BCUT2D eigenvalue weighted by atomic mass is 10.1. The highest BCUT2D eigenvalue weighted by atomic mass is 28.4. The molecule has 0 aromatic heterocycles. The molecule has 8 nitrogen and oxygen atoms in total. The van der Waals surface area contributed by atoms with Crippen LogP contribution in [0.15, 0.2) is 18.2 Å². The molecule has 0 aliphatic heterocycles. The van der Waals surface area contributed by atoms with Crippen molar-refractivity contribution in [3.05, 3.63) is 29.3 Å². The summed E-state index contributed by atoms with van der Waals surface area (Å²) in [5.74, 6) is -0.854. The zero-order chi connectivity index (χ0) is 25.2. The highest BCUT2D eigenvalue weighted by Gasteiger charge is 2.39. The molecule has 1 rings (SSSR count). The standard InChI is InChI=1S/C25H42O8Si/c1-6-11-17-29-24(26)21-15-13-16-22(23(21)25(27)30-18-12-7-2)28-19-14-20-34(31-8-3,32-9-4)33-10-5/h13,15-16H,6-12,14,17-20H2,1-5H3. The van der Waals surface area contributed by atoms with E-state index in [1.807, 2.05) is 34.6 Å². The summed E-state index contributed by atoms with van der Waals surface area (Å²) in [5, 5.41) is 0. The van der Waals surface area contributed by atoms with Gasteiger partial charge in [-0.15, -0.1) is 0 Å². The van der Waals surface area contributed by atoms with Crippen LogP contribution < -0.4 is 4.74 Å². The van der Waals surface area contributed by atoms with Gasteiger partial charge in [0.05, 0.1) is 25.4 Å². The number of rotatable bonds is 19. The molecule has 1 aromatic carbocycles. The summed E-state index contributed by atoms with van der Waals surface area (Å²) in [5.41, 5.74) is 0.250. The second-order valence-corrected chi connectivity index (χ2v) is 10.3. The van der Waals surface area contributed by atoms with Gasteiger partial charge in [-0.05, 0) is 52.2 Å². The normalized spacial score (nSPS) is 11.3. The Kier molecular flexibility index (Phi) is 15.5. The molecule has 0 saturated carbocycles. The fourth-order valence-electron chi connectivity index (χ4n) is 3.27. The Hall–Kier alpha value is -1.94. The number of hydrogen-bond acceptors (Lipinski definition) is 8. The van der Waals surface area contributed by atoms with Gasteiger partial charge < -0.3 is 27.5 Å². The van der Waals surface area contributed by atoms with E-state index >= 15 is 0 Å². The van der Waals surface area contributed by atoms with Crippen LogP contribution in [0.5, 0.6) is 5.75 Å². The van der Waals surface area contributed by atoms with Gasteiger partial charge >= 0.3 is 20.7 Å². The van der Waals surface area contributed by atoms with E-state index in [4.69, 9.17) is 27.5 Å². The molecule has 0 bridgehead atoms. The summed E-state index contributed by atoms with van der Waals surface area (Å²) >= 11 is 0. The molecule has 194 valence electrons. The van der Waals surface area contributed by atoms with E-state index in [-0.39, 0.29) is 17.7 Å². The van der Waals surface area contributed by atoms with Crippen LogP contribution in [0.2, 0.25) is 6.04 Å². The number of ether oxygens (including phenoxy) is 3. The maximum absolute atomic E-state index is 12.9. The Bertz CT molecular complexity index is 708. The van der Waals surface area contributed by atoms with E-state index in [1.165, 1.54) is 0 Å². The number of benzene rings is 1. The Morgan fingerprint density at radius 2 is 1.29 bits per heavy atom. The molecule has 0 N–H and O–H groups in total. The number of hydrogen-bond donors (Lipinski definition) is 0. The minimum absolute atomic E-state index is 0.100. The van der Waals surface area contributed by atoms with Crippen LogP contribution in [0.25, 0.3) is 0 Å². The van der Waals surface area contributed by atoms with E-state index in [0.717, 1.165) is 25.7 Å². The molecule has 0 amide bonds. The quantitative estimate of drug-likeness (QED) is 0.142. The van der Waals surface area contributed by atoms with Crippen molar-refractivity contribution < 1.29 is 37.1 Å². The lowest BCUT2D eigenvalue weighted by molar-refractivity contribution is 0.0448. The average Bonchev–Trinajstić information content (AvgIpc) is 2.82. The summed E-state index contributed by atoms with van der Waals surface area (Å²) in [6.07, 6.45) is 3.88. The van der Waals surface area contributed by atoms with Crippen LogP contribution in [0.1, 0.15) is 87.4 Å². The molecule has 0 unspecified atom stereocenters. The van der Waals surface area contributed by atoms with E-state index in [0.29, 0.717) is 51.2 Å². The van der Waals surface area contributed by atoms with Crippen molar-refractivity contribution in [2.24, 2.45) is 0 Å². The molecule has 0 radical (unpaired) electrons. The van der Waals surface area contributed by atoms with E-state index < -0.39 is 20.7 Å². The highest BCUT2D eigenvalue weighted by Crippen LogP contribution is 2.26. The third-order valence-corrected chi connectivity index (χ3v) is 8.04. The van der Waals surface area contributed by atoms with Gasteiger partial charge in [0.1, 0.15) is 11.3 Å². The third kappa shape index (κ3) is 10.1. The molecule has 0 heterocycles. The van der Waals surface area contributed by atoms with Gasteiger partial charge in [-0.25, -0.2) is 9.59 Å². The van der Waals surface area contributed by atoms with Gasteiger partial charge in [0.15, 0.2) is 0 Å². The molecule has 0 atom stereocenters. The molecular formula is C25H42O8Si. The van der Waals surface area contributed by atoms with Gasteiger partial charge in [0, 0.05) is 25.9 Å². The van der Waals surface area contributed by atoms with Crippen molar-refractivity contribution in [1.29, 1.82) is 0 Å². The first-order valence-electron chi connectivity index (χ1n) is 12.5. The first kappa shape index (κ1) is 30.1. The minimum atomic E-state index is -2.78. The van der Waals surface area contributed by atoms with Crippen molar-refractivity contribution in [1.82, 2.24) is 0 Å². The third-order valence-electron chi connectivity index (χ3n) is 4.89. The first-order valence-corrected chi connectivity index (χ1v) is 14.4. The first-order chi connectivity index (χ1) is 16.5. The topological polar surface area (TPSA) is 89.5 Å². The predicted molar refractivity (Wildman–Crippen MR) is 132 cm³/mol. The number of esters is 2. The fourth-order valence-corrected chi connectivity index (χ4v) is 5.85. The Morgan fingerprint density at radius 1 is 0.735 bits per heavy atom. The van der Waals surface area contributed by atoms with Crippen molar-refractivity contribution in [3.63, 3.8) is 0 Å². The average molecular weight is 499 g/mol. The van der Waals surface area contributed by atoms with Gasteiger partial charge in [-0.2, -0.15) is 0 Å². The van der Waals surface area contributed by atoms with Gasteiger partial charge in [-0.1, -0.05) is 32.8 Å². The summed E-state index contributed by atoms with van der Waals surface area (Å²) in [4.78, 5) is 25.6. The molecule has 0 saturated heterocycles. The van der Waals surface area contributed by atoms with E-state index in [9.17, 15) is 9.59 Å². The number of carbonyl (C=O) groups is 2. The molecule has 0 aliphatic rings. The van der Waals surface area contributed by atoms with Crippen LogP contribution >= 0.6 is 0 Å². The molecule has 0 spiro atoms. The summed E-state index contributed by atoms with van der Waals surface area (Å²) in [6, 6.07) is 5.48. The van der Waals surface area contributed by atoms with Crippen LogP contribution in [-0.4, -0.2) is 60.4 Å². The lowest BCUT2D eigenvalue weighted by Gasteiger charge is -2.28. The lowest BCUT2D eigenvalue weighted by Crippen LogP contribution is -2.46. The van der Waals surface area contributed by atoms with Crippen LogP contribution in [-0.2, 0) is 22.8 Å². The second kappa shape index (κ2) is 17.5. The van der Waals surface area contributed by atoms with Crippen molar-refractivity contribution >= 4 is 20.7 Å². The molecule has 0 aliphatic carbocycles. The Balaban J connectivity index is 2.99. The monoisotopic (exact) mass is 498 g/mol. The van der Waals surface area contributed by atoms with Gasteiger partial charge in [0.25, 0.3) is 0 Å². The summed E-state index contributed by atoms with van der Waals surface area (Å²) in [7, 11) is -2.78. The highest BCUT2D eigenvalue weighted by molar-refractivity contribution is 6.60. The second-order valence-electron chi connectivity index (χ2n) is 7.59.